The minimum atomic E-state index is -0.0897. The molecule has 0 unspecified atom stereocenters. The largest absolute Gasteiger partial charge is 0.486 e. The van der Waals surface area contributed by atoms with Crippen molar-refractivity contribution >= 4 is 23.4 Å². The van der Waals surface area contributed by atoms with E-state index in [2.05, 4.69) is 20.5 Å². The number of benzene rings is 2. The molecule has 0 saturated heterocycles. The number of carbonyl (C=O) groups excluding carboxylic acids is 1. The number of aromatic amines is 1. The van der Waals surface area contributed by atoms with Crippen molar-refractivity contribution < 1.29 is 14.3 Å². The normalized spacial score (nSPS) is 12.6. The smallest absolute Gasteiger partial charge is 0.234 e. The third-order valence-electron chi connectivity index (χ3n) is 4.36. The number of hydrogen-bond acceptors (Lipinski definition) is 6. The fourth-order valence-electron chi connectivity index (χ4n) is 2.95. The summed E-state index contributed by atoms with van der Waals surface area (Å²) in [6.45, 7) is 5.04. The molecular formula is C20H20N4O3S. The molecule has 4 rings (SSSR count). The highest BCUT2D eigenvalue weighted by Crippen LogP contribution is 2.33. The van der Waals surface area contributed by atoms with Crippen LogP contribution in [0.2, 0.25) is 0 Å². The fourth-order valence-corrected chi connectivity index (χ4v) is 3.55. The van der Waals surface area contributed by atoms with Crippen LogP contribution in [0.15, 0.2) is 41.6 Å². The number of rotatable bonds is 5. The average molecular weight is 396 g/mol. The molecule has 1 amide bonds. The molecule has 8 heteroatoms. The SMILES string of the molecule is Cc1cccc(C)c1NC(=O)CSc1n[nH]c(-c2ccc3c(c2)OCCO3)n1. The lowest BCUT2D eigenvalue weighted by molar-refractivity contribution is -0.113. The number of carbonyl (C=O) groups is 1. The molecule has 1 aromatic heterocycles. The summed E-state index contributed by atoms with van der Waals surface area (Å²) in [5, 5.41) is 10.6. The van der Waals surface area contributed by atoms with Gasteiger partial charge in [-0.1, -0.05) is 30.0 Å². The quantitative estimate of drug-likeness (QED) is 0.641. The van der Waals surface area contributed by atoms with Gasteiger partial charge in [-0.2, -0.15) is 0 Å². The first-order valence-corrected chi connectivity index (χ1v) is 9.90. The van der Waals surface area contributed by atoms with Crippen LogP contribution in [0.3, 0.4) is 0 Å². The van der Waals surface area contributed by atoms with E-state index in [0.717, 1.165) is 28.1 Å². The van der Waals surface area contributed by atoms with Gasteiger partial charge in [0.05, 0.1) is 5.75 Å². The van der Waals surface area contributed by atoms with E-state index < -0.39 is 0 Å². The van der Waals surface area contributed by atoms with Gasteiger partial charge in [-0.3, -0.25) is 9.89 Å². The van der Waals surface area contributed by atoms with E-state index in [1.807, 2.05) is 50.2 Å². The van der Waals surface area contributed by atoms with Crippen molar-refractivity contribution in [2.75, 3.05) is 24.3 Å². The minimum absolute atomic E-state index is 0.0897. The van der Waals surface area contributed by atoms with Crippen molar-refractivity contribution in [1.82, 2.24) is 15.2 Å². The Hall–Kier alpha value is -3.00. The molecule has 7 nitrogen and oxygen atoms in total. The maximum absolute atomic E-state index is 12.3. The number of nitrogens with one attached hydrogen (secondary N) is 2. The van der Waals surface area contributed by atoms with Crippen molar-refractivity contribution in [3.05, 3.63) is 47.5 Å². The summed E-state index contributed by atoms with van der Waals surface area (Å²) in [7, 11) is 0. The highest BCUT2D eigenvalue weighted by Gasteiger charge is 2.15. The van der Waals surface area contributed by atoms with E-state index >= 15 is 0 Å². The highest BCUT2D eigenvalue weighted by molar-refractivity contribution is 7.99. The molecule has 2 N–H and O–H groups in total. The molecule has 0 fully saturated rings. The summed E-state index contributed by atoms with van der Waals surface area (Å²) < 4.78 is 11.1. The second-order valence-corrected chi connectivity index (χ2v) is 7.37. The standard InChI is InChI=1S/C20H20N4O3S/c1-12-4-3-5-13(2)18(12)21-17(25)11-28-20-22-19(23-24-20)14-6-7-15-16(10-14)27-9-8-26-15/h3-7,10H,8-9,11H2,1-2H3,(H,21,25)(H,22,23,24). The summed E-state index contributed by atoms with van der Waals surface area (Å²) in [5.41, 5.74) is 3.79. The molecule has 0 spiro atoms. The number of ether oxygens (including phenoxy) is 2. The van der Waals surface area contributed by atoms with Crippen molar-refractivity contribution in [3.8, 4) is 22.9 Å². The van der Waals surface area contributed by atoms with Crippen LogP contribution >= 0.6 is 11.8 Å². The summed E-state index contributed by atoms with van der Waals surface area (Å²) in [6.07, 6.45) is 0. The van der Waals surface area contributed by atoms with Gasteiger partial charge in [0.1, 0.15) is 13.2 Å². The molecule has 3 aromatic rings. The van der Waals surface area contributed by atoms with Crippen molar-refractivity contribution in [1.29, 1.82) is 0 Å². The van der Waals surface area contributed by atoms with E-state index in [1.54, 1.807) is 0 Å². The molecule has 0 aliphatic carbocycles. The molecule has 1 aliphatic rings. The summed E-state index contributed by atoms with van der Waals surface area (Å²) >= 11 is 1.28. The second kappa shape index (κ2) is 7.93. The van der Waals surface area contributed by atoms with Gasteiger partial charge in [-0.15, -0.1) is 5.10 Å². The first kappa shape index (κ1) is 18.4. The van der Waals surface area contributed by atoms with E-state index in [0.29, 0.717) is 29.9 Å². The summed E-state index contributed by atoms with van der Waals surface area (Å²) in [4.78, 5) is 16.8. The lowest BCUT2D eigenvalue weighted by atomic mass is 10.1. The molecule has 1 aliphatic heterocycles. The molecule has 0 bridgehead atoms. The highest BCUT2D eigenvalue weighted by atomic mass is 32.2. The zero-order chi connectivity index (χ0) is 19.5. The number of H-pyrrole nitrogens is 1. The Labute approximate surface area is 166 Å². The maximum Gasteiger partial charge on any atom is 0.234 e. The third kappa shape index (κ3) is 3.96. The van der Waals surface area contributed by atoms with Crippen LogP contribution in [0, 0.1) is 13.8 Å². The van der Waals surface area contributed by atoms with E-state index in [-0.39, 0.29) is 11.7 Å². The van der Waals surface area contributed by atoms with Crippen LogP contribution in [0.1, 0.15) is 11.1 Å². The number of aryl methyl sites for hydroxylation is 2. The number of para-hydroxylation sites is 1. The zero-order valence-electron chi connectivity index (χ0n) is 15.6. The van der Waals surface area contributed by atoms with Crippen LogP contribution in [0.25, 0.3) is 11.4 Å². The van der Waals surface area contributed by atoms with Gasteiger partial charge < -0.3 is 14.8 Å². The Bertz CT molecular complexity index is 998. The van der Waals surface area contributed by atoms with E-state index in [4.69, 9.17) is 9.47 Å². The average Bonchev–Trinajstić information content (AvgIpc) is 3.18. The molecule has 0 atom stereocenters. The number of amides is 1. The van der Waals surface area contributed by atoms with Crippen molar-refractivity contribution in [3.63, 3.8) is 0 Å². The number of anilines is 1. The maximum atomic E-state index is 12.3. The molecule has 2 heterocycles. The predicted molar refractivity (Wildman–Crippen MR) is 108 cm³/mol. The number of fused-ring (bicyclic) bond motifs is 1. The Morgan fingerprint density at radius 1 is 1.14 bits per heavy atom. The van der Waals surface area contributed by atoms with Crippen LogP contribution < -0.4 is 14.8 Å². The second-order valence-electron chi connectivity index (χ2n) is 6.43. The first-order valence-electron chi connectivity index (χ1n) is 8.91. The van der Waals surface area contributed by atoms with E-state index in [1.165, 1.54) is 11.8 Å². The summed E-state index contributed by atoms with van der Waals surface area (Å²) in [5.74, 6) is 2.18. The van der Waals surface area contributed by atoms with E-state index in [9.17, 15) is 4.79 Å². The topological polar surface area (TPSA) is 89.1 Å². The lowest BCUT2D eigenvalue weighted by Crippen LogP contribution is -2.15. The third-order valence-corrected chi connectivity index (χ3v) is 5.21. The van der Waals surface area contributed by atoms with Crippen LogP contribution in [0.4, 0.5) is 5.69 Å². The fraction of sp³-hybridized carbons (Fsp3) is 0.250. The Balaban J connectivity index is 1.39. The minimum Gasteiger partial charge on any atom is -0.486 e. The Morgan fingerprint density at radius 2 is 1.89 bits per heavy atom. The Kier molecular flexibility index (Phi) is 5.21. The van der Waals surface area contributed by atoms with Gasteiger partial charge in [0.15, 0.2) is 17.3 Å². The van der Waals surface area contributed by atoms with Crippen molar-refractivity contribution in [2.45, 2.75) is 19.0 Å². The van der Waals surface area contributed by atoms with Crippen LogP contribution in [-0.2, 0) is 4.79 Å². The zero-order valence-corrected chi connectivity index (χ0v) is 16.4. The van der Waals surface area contributed by atoms with Crippen LogP contribution in [0.5, 0.6) is 11.5 Å². The molecule has 0 radical (unpaired) electrons. The van der Waals surface area contributed by atoms with Gasteiger partial charge in [0.25, 0.3) is 0 Å². The number of aromatic nitrogens is 3. The monoisotopic (exact) mass is 396 g/mol. The first-order chi connectivity index (χ1) is 13.6. The Morgan fingerprint density at radius 3 is 2.68 bits per heavy atom. The van der Waals surface area contributed by atoms with Gasteiger partial charge >= 0.3 is 0 Å². The number of hydrogen-bond donors (Lipinski definition) is 2. The van der Waals surface area contributed by atoms with Crippen molar-refractivity contribution in [2.24, 2.45) is 0 Å². The molecular weight excluding hydrogens is 376 g/mol. The van der Waals surface area contributed by atoms with Gasteiger partial charge in [0.2, 0.25) is 11.1 Å². The number of thioether (sulfide) groups is 1. The van der Waals surface area contributed by atoms with Crippen LogP contribution in [-0.4, -0.2) is 40.1 Å². The van der Waals surface area contributed by atoms with Gasteiger partial charge in [0, 0.05) is 11.3 Å². The predicted octanol–water partition coefficient (Wildman–Crippen LogP) is 3.59. The molecule has 144 valence electrons. The summed E-state index contributed by atoms with van der Waals surface area (Å²) in [6, 6.07) is 11.6. The lowest BCUT2D eigenvalue weighted by Gasteiger charge is -2.18. The number of nitrogens with zero attached hydrogens (tertiary/aromatic N) is 2. The molecule has 0 saturated carbocycles. The molecule has 2 aromatic carbocycles. The van der Waals surface area contributed by atoms with Gasteiger partial charge in [-0.05, 0) is 43.2 Å². The van der Waals surface area contributed by atoms with Gasteiger partial charge in [-0.25, -0.2) is 4.98 Å². The molecule has 28 heavy (non-hydrogen) atoms.